The van der Waals surface area contributed by atoms with Crippen molar-refractivity contribution in [2.24, 2.45) is 0 Å². The van der Waals surface area contributed by atoms with Crippen LogP contribution in [0.25, 0.3) is 128 Å². The van der Waals surface area contributed by atoms with Crippen LogP contribution in [0.3, 0.4) is 0 Å². The molecular formula is C75H57F2N3. The molecule has 0 aliphatic rings. The largest absolute Gasteiger partial charge is 0.309 e. The molecule has 386 valence electrons. The van der Waals surface area contributed by atoms with Gasteiger partial charge in [-0.1, -0.05) is 204 Å². The summed E-state index contributed by atoms with van der Waals surface area (Å²) in [6.45, 7) is 11.1. The number of para-hydroxylation sites is 5. The smallest absolute Gasteiger partial charge is 0.131 e. The zero-order valence-corrected chi connectivity index (χ0v) is 45.3. The Balaban J connectivity index is 1.11. The van der Waals surface area contributed by atoms with Gasteiger partial charge >= 0.3 is 0 Å². The van der Waals surface area contributed by atoms with Gasteiger partial charge in [0, 0.05) is 54.8 Å². The Kier molecular flexibility index (Phi) is 11.8. The fourth-order valence-corrected chi connectivity index (χ4v) is 13.3. The zero-order chi connectivity index (χ0) is 54.3. The lowest BCUT2D eigenvalue weighted by Crippen LogP contribution is -2.14. The molecule has 5 heteroatoms. The maximum absolute atomic E-state index is 17.4. The third-order valence-corrected chi connectivity index (χ3v) is 16.5. The Morgan fingerprint density at radius 1 is 0.350 bits per heavy atom. The van der Waals surface area contributed by atoms with E-state index in [0.29, 0.717) is 11.1 Å². The number of hydrogen-bond acceptors (Lipinski definition) is 0. The molecule has 0 saturated carbocycles. The highest BCUT2D eigenvalue weighted by Crippen LogP contribution is 2.52. The van der Waals surface area contributed by atoms with Crippen LogP contribution < -0.4 is 0 Å². The molecule has 0 radical (unpaired) electrons. The quantitative estimate of drug-likeness (QED) is 0.121. The van der Waals surface area contributed by atoms with Gasteiger partial charge in [0.15, 0.2) is 0 Å². The molecule has 3 heterocycles. The van der Waals surface area contributed by atoms with Crippen LogP contribution in [0.2, 0.25) is 0 Å². The number of benzene rings is 11. The lowest BCUT2D eigenvalue weighted by Gasteiger charge is -2.31. The summed E-state index contributed by atoms with van der Waals surface area (Å²) < 4.78 is 42.0. The average molecular weight is 1040 g/mol. The molecule has 0 unspecified atom stereocenters. The first-order valence-electron chi connectivity index (χ1n) is 27.8. The molecule has 0 aliphatic heterocycles. The SMILES string of the molecule is Cc1c(-c2ccccc2/C=C\c2c(-c3ccccc3F)c(C(C)C)c(-n3c4ccccc4c4ccc5c(c6ccccc6n5-c5ccccc5)c43)c(C(C)C)c2-c2ccccc2F)ccc2c1c1ccccc1n2-c1ccccc1. The van der Waals surface area contributed by atoms with E-state index in [2.05, 4.69) is 242 Å². The Morgan fingerprint density at radius 2 is 0.787 bits per heavy atom. The first-order valence-corrected chi connectivity index (χ1v) is 27.8. The van der Waals surface area contributed by atoms with Gasteiger partial charge in [-0.2, -0.15) is 0 Å². The van der Waals surface area contributed by atoms with E-state index in [1.54, 1.807) is 24.3 Å². The van der Waals surface area contributed by atoms with Crippen molar-refractivity contribution in [1.29, 1.82) is 0 Å². The molecule has 0 spiro atoms. The van der Waals surface area contributed by atoms with E-state index in [-0.39, 0.29) is 23.5 Å². The van der Waals surface area contributed by atoms with Crippen LogP contribution in [0.15, 0.2) is 231 Å². The van der Waals surface area contributed by atoms with Crippen molar-refractivity contribution in [2.75, 3.05) is 0 Å². The van der Waals surface area contributed by atoms with E-state index in [0.717, 1.165) is 116 Å². The van der Waals surface area contributed by atoms with E-state index >= 15 is 8.78 Å². The number of fused-ring (bicyclic) bond motifs is 10. The first kappa shape index (κ1) is 48.8. The van der Waals surface area contributed by atoms with Crippen LogP contribution >= 0.6 is 0 Å². The summed E-state index contributed by atoms with van der Waals surface area (Å²) in [5, 5.41) is 6.83. The summed E-state index contributed by atoms with van der Waals surface area (Å²) >= 11 is 0. The Hall–Kier alpha value is -9.58. The van der Waals surface area contributed by atoms with Crippen molar-refractivity contribution < 1.29 is 8.78 Å². The third-order valence-electron chi connectivity index (χ3n) is 16.5. The Bertz CT molecular complexity index is 4720. The molecule has 0 N–H and O–H groups in total. The maximum Gasteiger partial charge on any atom is 0.131 e. The van der Waals surface area contributed by atoms with Crippen molar-refractivity contribution in [3.05, 3.63) is 270 Å². The zero-order valence-electron chi connectivity index (χ0n) is 45.3. The molecular weight excluding hydrogens is 981 g/mol. The van der Waals surface area contributed by atoms with Gasteiger partial charge in [-0.3, -0.25) is 0 Å². The fourth-order valence-electron chi connectivity index (χ4n) is 13.3. The van der Waals surface area contributed by atoms with E-state index in [4.69, 9.17) is 0 Å². The second-order valence-electron chi connectivity index (χ2n) is 21.7. The normalized spacial score (nSPS) is 12.1. The minimum atomic E-state index is -0.346. The highest BCUT2D eigenvalue weighted by molar-refractivity contribution is 6.26. The van der Waals surface area contributed by atoms with Crippen LogP contribution in [-0.4, -0.2) is 13.7 Å². The second kappa shape index (κ2) is 19.4. The molecule has 0 aliphatic carbocycles. The van der Waals surface area contributed by atoms with Crippen LogP contribution in [0.5, 0.6) is 0 Å². The van der Waals surface area contributed by atoms with Crippen LogP contribution in [0, 0.1) is 18.6 Å². The number of rotatable bonds is 10. The van der Waals surface area contributed by atoms with Crippen molar-refractivity contribution >= 4 is 77.6 Å². The van der Waals surface area contributed by atoms with Gasteiger partial charge in [-0.25, -0.2) is 8.78 Å². The minimum absolute atomic E-state index is 0.139. The summed E-state index contributed by atoms with van der Waals surface area (Å²) in [4.78, 5) is 0. The van der Waals surface area contributed by atoms with Crippen LogP contribution in [0.1, 0.15) is 67.3 Å². The standard InChI is InChI=1S/C75H57F2N3/c1-46(2)68-71(56-31-14-19-35-61(56)76)60(41-40-49-24-12-13-29-53(49)52-42-44-66-70(48(52)5)58-33-17-22-38-64(58)78(66)50-25-8-6-9-26-50)72(57-32-15-20-36-62(57)77)69(47(3)4)75(68)80-63-37-21-16-30-54(63)55-43-45-67-73(74(55)80)59-34-18-23-39-65(59)79(67)51-27-10-7-11-28-51/h6-47H,1-5H3/b41-40-. The monoisotopic (exact) mass is 1040 g/mol. The summed E-state index contributed by atoms with van der Waals surface area (Å²) in [6, 6.07) is 78.9. The number of aromatic nitrogens is 3. The molecule has 0 amide bonds. The van der Waals surface area contributed by atoms with Crippen LogP contribution in [-0.2, 0) is 0 Å². The first-order chi connectivity index (χ1) is 39.2. The van der Waals surface area contributed by atoms with Gasteiger partial charge in [-0.05, 0) is 136 Å². The fraction of sp³-hybridized carbons (Fsp3) is 0.0933. The number of hydrogen-bond donors (Lipinski definition) is 0. The second-order valence-corrected chi connectivity index (χ2v) is 21.7. The molecule has 11 aromatic carbocycles. The number of halogens is 2. The molecule has 80 heavy (non-hydrogen) atoms. The van der Waals surface area contributed by atoms with Gasteiger partial charge in [-0.15, -0.1) is 0 Å². The number of aryl methyl sites for hydroxylation is 1. The molecule has 0 atom stereocenters. The van der Waals surface area contributed by atoms with E-state index in [1.165, 1.54) is 16.3 Å². The predicted molar refractivity (Wildman–Crippen MR) is 334 cm³/mol. The highest BCUT2D eigenvalue weighted by Gasteiger charge is 2.33. The maximum atomic E-state index is 17.4. The van der Waals surface area contributed by atoms with Gasteiger partial charge in [0.2, 0.25) is 0 Å². The lowest BCUT2D eigenvalue weighted by atomic mass is 9.77. The molecule has 14 aromatic rings. The van der Waals surface area contributed by atoms with E-state index in [1.807, 2.05) is 24.3 Å². The lowest BCUT2D eigenvalue weighted by molar-refractivity contribution is 0.630. The Labute approximate surface area is 464 Å². The summed E-state index contributed by atoms with van der Waals surface area (Å²) in [5.41, 5.74) is 19.1. The Morgan fingerprint density at radius 3 is 1.34 bits per heavy atom. The molecule has 14 rings (SSSR count). The van der Waals surface area contributed by atoms with Crippen molar-refractivity contribution in [2.45, 2.75) is 46.5 Å². The summed E-state index contributed by atoms with van der Waals surface area (Å²) in [6.07, 6.45) is 4.32. The van der Waals surface area contributed by atoms with Crippen LogP contribution in [0.4, 0.5) is 8.78 Å². The van der Waals surface area contributed by atoms with E-state index < -0.39 is 0 Å². The molecule has 0 saturated heterocycles. The van der Waals surface area contributed by atoms with Gasteiger partial charge in [0.05, 0.1) is 38.8 Å². The van der Waals surface area contributed by atoms with Crippen molar-refractivity contribution in [3.8, 4) is 50.4 Å². The highest BCUT2D eigenvalue weighted by atomic mass is 19.1. The topological polar surface area (TPSA) is 14.8 Å². The molecule has 0 bridgehead atoms. The molecule has 0 fully saturated rings. The van der Waals surface area contributed by atoms with Crippen molar-refractivity contribution in [3.63, 3.8) is 0 Å². The number of nitrogens with zero attached hydrogens (tertiary/aromatic N) is 3. The predicted octanol–water partition coefficient (Wildman–Crippen LogP) is 21.0. The van der Waals surface area contributed by atoms with Gasteiger partial charge in [0.25, 0.3) is 0 Å². The minimum Gasteiger partial charge on any atom is -0.309 e. The van der Waals surface area contributed by atoms with Gasteiger partial charge in [0.1, 0.15) is 11.6 Å². The molecule has 3 nitrogen and oxygen atoms in total. The average Bonchev–Trinajstić information content (AvgIpc) is 4.25. The third kappa shape index (κ3) is 7.52. The molecule has 3 aromatic heterocycles. The summed E-state index contributed by atoms with van der Waals surface area (Å²) in [7, 11) is 0. The van der Waals surface area contributed by atoms with Crippen molar-refractivity contribution in [1.82, 2.24) is 13.7 Å². The summed E-state index contributed by atoms with van der Waals surface area (Å²) in [5.74, 6) is -0.970. The van der Waals surface area contributed by atoms with E-state index in [9.17, 15) is 0 Å². The van der Waals surface area contributed by atoms with Gasteiger partial charge < -0.3 is 13.7 Å².